The van der Waals surface area contributed by atoms with Gasteiger partial charge in [-0.2, -0.15) is 0 Å². The van der Waals surface area contributed by atoms with Crippen LogP contribution in [0.25, 0.3) is 0 Å². The number of halogens is 1. The van der Waals surface area contributed by atoms with Gasteiger partial charge in [0.15, 0.2) is 0 Å². The molecule has 1 fully saturated rings. The van der Waals surface area contributed by atoms with Crippen LogP contribution in [-0.2, 0) is 0 Å². The Balaban J connectivity index is 1.65. The third-order valence-electron chi connectivity index (χ3n) is 3.15. The van der Waals surface area contributed by atoms with Crippen molar-refractivity contribution in [2.75, 3.05) is 39.3 Å². The smallest absolute Gasteiger partial charge is 0.137 e. The number of rotatable bonds is 5. The van der Waals surface area contributed by atoms with Crippen molar-refractivity contribution in [3.8, 4) is 5.75 Å². The second-order valence-corrected chi connectivity index (χ2v) is 4.98. The third kappa shape index (κ3) is 4.48. The van der Waals surface area contributed by atoms with Crippen molar-refractivity contribution in [3.63, 3.8) is 0 Å². The van der Waals surface area contributed by atoms with Gasteiger partial charge in [-0.05, 0) is 38.1 Å². The molecule has 0 atom stereocenters. The van der Waals surface area contributed by atoms with Crippen LogP contribution >= 0.6 is 11.6 Å². The van der Waals surface area contributed by atoms with Crippen LogP contribution in [0.15, 0.2) is 24.3 Å². The Hall–Kier alpha value is -0.770. The standard InChI is InChI=1S/C14H21ClN2O/c15-13-5-1-2-6-14(13)18-12-4-10-17-9-3-7-16-8-11-17/h1-2,5-6,16H,3-4,7-12H2. The summed E-state index contributed by atoms with van der Waals surface area (Å²) in [5, 5.41) is 4.10. The van der Waals surface area contributed by atoms with E-state index in [2.05, 4.69) is 10.2 Å². The third-order valence-corrected chi connectivity index (χ3v) is 3.46. The highest BCUT2D eigenvalue weighted by molar-refractivity contribution is 6.32. The van der Waals surface area contributed by atoms with Crippen LogP contribution < -0.4 is 10.1 Å². The Morgan fingerprint density at radius 3 is 3.00 bits per heavy atom. The van der Waals surface area contributed by atoms with Crippen molar-refractivity contribution in [3.05, 3.63) is 29.3 Å². The number of hydrogen-bond donors (Lipinski definition) is 1. The van der Waals surface area contributed by atoms with E-state index in [0.717, 1.165) is 45.0 Å². The number of benzene rings is 1. The molecule has 1 aliphatic rings. The van der Waals surface area contributed by atoms with E-state index in [1.54, 1.807) is 0 Å². The van der Waals surface area contributed by atoms with Crippen LogP contribution in [0.3, 0.4) is 0 Å². The van der Waals surface area contributed by atoms with Gasteiger partial charge in [-0.15, -0.1) is 0 Å². The van der Waals surface area contributed by atoms with Gasteiger partial charge in [-0.3, -0.25) is 0 Å². The molecule has 4 heteroatoms. The highest BCUT2D eigenvalue weighted by Gasteiger charge is 2.07. The van der Waals surface area contributed by atoms with E-state index in [4.69, 9.17) is 16.3 Å². The van der Waals surface area contributed by atoms with E-state index in [1.807, 2.05) is 24.3 Å². The predicted octanol–water partition coefficient (Wildman–Crippen LogP) is 2.40. The fourth-order valence-corrected chi connectivity index (χ4v) is 2.35. The van der Waals surface area contributed by atoms with Crippen molar-refractivity contribution >= 4 is 11.6 Å². The second-order valence-electron chi connectivity index (χ2n) is 4.58. The van der Waals surface area contributed by atoms with Gasteiger partial charge in [0.1, 0.15) is 5.75 Å². The fourth-order valence-electron chi connectivity index (χ4n) is 2.16. The fraction of sp³-hybridized carbons (Fsp3) is 0.571. The number of nitrogens with one attached hydrogen (secondary N) is 1. The molecular formula is C14H21ClN2O. The maximum Gasteiger partial charge on any atom is 0.137 e. The molecule has 0 spiro atoms. The molecule has 1 N–H and O–H groups in total. The molecule has 1 aromatic rings. The molecular weight excluding hydrogens is 248 g/mol. The van der Waals surface area contributed by atoms with E-state index in [0.29, 0.717) is 5.02 Å². The zero-order chi connectivity index (χ0) is 12.6. The van der Waals surface area contributed by atoms with Crippen LogP contribution in [0.1, 0.15) is 12.8 Å². The summed E-state index contributed by atoms with van der Waals surface area (Å²) >= 11 is 6.03. The first kappa shape index (κ1) is 13.7. The Labute approximate surface area is 114 Å². The number of para-hydroxylation sites is 1. The Bertz CT molecular complexity index is 351. The van der Waals surface area contributed by atoms with Gasteiger partial charge in [0.2, 0.25) is 0 Å². The van der Waals surface area contributed by atoms with Crippen LogP contribution in [0.4, 0.5) is 0 Å². The van der Waals surface area contributed by atoms with Gasteiger partial charge in [-0.25, -0.2) is 0 Å². The average molecular weight is 269 g/mol. The summed E-state index contributed by atoms with van der Waals surface area (Å²) in [6, 6.07) is 7.64. The Morgan fingerprint density at radius 2 is 2.11 bits per heavy atom. The highest BCUT2D eigenvalue weighted by atomic mass is 35.5. The normalized spacial score (nSPS) is 17.4. The van der Waals surface area contributed by atoms with Crippen molar-refractivity contribution in [2.24, 2.45) is 0 Å². The summed E-state index contributed by atoms with van der Waals surface area (Å²) in [6.07, 6.45) is 2.29. The van der Waals surface area contributed by atoms with Crippen LogP contribution in [-0.4, -0.2) is 44.2 Å². The summed E-state index contributed by atoms with van der Waals surface area (Å²) in [5.74, 6) is 0.789. The maximum atomic E-state index is 6.03. The lowest BCUT2D eigenvalue weighted by Crippen LogP contribution is -2.29. The summed E-state index contributed by atoms with van der Waals surface area (Å²) < 4.78 is 5.68. The Kier molecular flexibility index (Phi) is 5.78. The summed E-state index contributed by atoms with van der Waals surface area (Å²) in [4.78, 5) is 2.50. The Morgan fingerprint density at radius 1 is 1.22 bits per heavy atom. The molecule has 1 saturated heterocycles. The lowest BCUT2D eigenvalue weighted by Gasteiger charge is -2.19. The summed E-state index contributed by atoms with van der Waals surface area (Å²) in [6.45, 7) is 6.42. The average Bonchev–Trinajstić information content (AvgIpc) is 2.65. The molecule has 100 valence electrons. The van der Waals surface area contributed by atoms with Crippen LogP contribution in [0.5, 0.6) is 5.75 Å². The first-order chi connectivity index (χ1) is 8.86. The van der Waals surface area contributed by atoms with Crippen molar-refractivity contribution in [2.45, 2.75) is 12.8 Å². The predicted molar refractivity (Wildman–Crippen MR) is 75.5 cm³/mol. The quantitative estimate of drug-likeness (QED) is 0.830. The zero-order valence-electron chi connectivity index (χ0n) is 10.7. The van der Waals surface area contributed by atoms with E-state index >= 15 is 0 Å². The van der Waals surface area contributed by atoms with Gasteiger partial charge in [0.25, 0.3) is 0 Å². The summed E-state index contributed by atoms with van der Waals surface area (Å²) in [5.41, 5.74) is 0. The monoisotopic (exact) mass is 268 g/mol. The van der Waals surface area contributed by atoms with Crippen LogP contribution in [0, 0.1) is 0 Å². The number of ether oxygens (including phenoxy) is 1. The molecule has 0 saturated carbocycles. The van der Waals surface area contributed by atoms with Crippen molar-refractivity contribution in [1.29, 1.82) is 0 Å². The number of hydrogen-bond acceptors (Lipinski definition) is 3. The summed E-state index contributed by atoms with van der Waals surface area (Å²) in [7, 11) is 0. The maximum absolute atomic E-state index is 6.03. The molecule has 1 aliphatic heterocycles. The second kappa shape index (κ2) is 7.62. The zero-order valence-corrected chi connectivity index (χ0v) is 11.5. The number of nitrogens with zero attached hydrogens (tertiary/aromatic N) is 1. The molecule has 1 aromatic carbocycles. The van der Waals surface area contributed by atoms with E-state index in [-0.39, 0.29) is 0 Å². The minimum atomic E-state index is 0.691. The van der Waals surface area contributed by atoms with E-state index in [1.165, 1.54) is 13.0 Å². The molecule has 0 amide bonds. The first-order valence-corrected chi connectivity index (χ1v) is 7.04. The van der Waals surface area contributed by atoms with Gasteiger partial charge < -0.3 is 15.0 Å². The largest absolute Gasteiger partial charge is 0.492 e. The SMILES string of the molecule is Clc1ccccc1OCCCN1CCCNCC1. The van der Waals surface area contributed by atoms with Gasteiger partial charge in [0.05, 0.1) is 11.6 Å². The van der Waals surface area contributed by atoms with Gasteiger partial charge in [-0.1, -0.05) is 23.7 Å². The van der Waals surface area contributed by atoms with Crippen molar-refractivity contribution < 1.29 is 4.74 Å². The molecule has 1 heterocycles. The molecule has 2 rings (SSSR count). The molecule has 3 nitrogen and oxygen atoms in total. The van der Waals surface area contributed by atoms with Gasteiger partial charge in [0, 0.05) is 19.6 Å². The van der Waals surface area contributed by atoms with E-state index in [9.17, 15) is 0 Å². The minimum absolute atomic E-state index is 0.691. The van der Waals surface area contributed by atoms with E-state index < -0.39 is 0 Å². The molecule has 0 aromatic heterocycles. The first-order valence-electron chi connectivity index (χ1n) is 6.66. The van der Waals surface area contributed by atoms with Crippen LogP contribution in [0.2, 0.25) is 5.02 Å². The lowest BCUT2D eigenvalue weighted by molar-refractivity contribution is 0.244. The van der Waals surface area contributed by atoms with Gasteiger partial charge >= 0.3 is 0 Å². The molecule has 0 unspecified atom stereocenters. The molecule has 0 aliphatic carbocycles. The highest BCUT2D eigenvalue weighted by Crippen LogP contribution is 2.23. The molecule has 18 heavy (non-hydrogen) atoms. The topological polar surface area (TPSA) is 24.5 Å². The molecule has 0 radical (unpaired) electrons. The minimum Gasteiger partial charge on any atom is -0.492 e. The molecule has 0 bridgehead atoms. The lowest BCUT2D eigenvalue weighted by atomic mass is 10.3. The van der Waals surface area contributed by atoms with Crippen molar-refractivity contribution in [1.82, 2.24) is 10.2 Å².